The lowest BCUT2D eigenvalue weighted by atomic mass is 10.3. The van der Waals surface area contributed by atoms with Crippen LogP contribution in [0.5, 0.6) is 0 Å². The molecule has 0 atom stereocenters. The van der Waals surface area contributed by atoms with Gasteiger partial charge in [-0.25, -0.2) is 4.98 Å². The highest BCUT2D eigenvalue weighted by molar-refractivity contribution is 6.29. The minimum Gasteiger partial charge on any atom is -0.481 e. The van der Waals surface area contributed by atoms with Crippen molar-refractivity contribution in [3.63, 3.8) is 0 Å². The predicted molar refractivity (Wildman–Crippen MR) is 72.2 cm³/mol. The molecule has 7 heteroatoms. The highest BCUT2D eigenvalue weighted by Gasteiger charge is 2.18. The molecule has 1 aromatic heterocycles. The van der Waals surface area contributed by atoms with E-state index >= 15 is 0 Å². The van der Waals surface area contributed by atoms with Gasteiger partial charge < -0.3 is 14.6 Å². The van der Waals surface area contributed by atoms with Crippen LogP contribution in [-0.2, 0) is 18.4 Å². The number of piperazine rings is 1. The number of carboxylic acid groups (broad SMARTS) is 1. The van der Waals surface area contributed by atoms with Crippen LogP contribution in [0.1, 0.15) is 12.2 Å². The summed E-state index contributed by atoms with van der Waals surface area (Å²) in [4.78, 5) is 19.3. The Balaban J connectivity index is 1.77. The van der Waals surface area contributed by atoms with Gasteiger partial charge >= 0.3 is 5.97 Å². The van der Waals surface area contributed by atoms with Crippen LogP contribution in [0.15, 0.2) is 6.20 Å². The van der Waals surface area contributed by atoms with Crippen LogP contribution in [0, 0.1) is 0 Å². The van der Waals surface area contributed by atoms with Crippen molar-refractivity contribution in [1.82, 2.24) is 19.4 Å². The van der Waals surface area contributed by atoms with E-state index in [1.807, 2.05) is 11.6 Å². The number of rotatable bonds is 5. The summed E-state index contributed by atoms with van der Waals surface area (Å²) < 4.78 is 1.89. The van der Waals surface area contributed by atoms with Crippen LogP contribution in [-0.4, -0.2) is 63.2 Å². The van der Waals surface area contributed by atoms with Gasteiger partial charge in [-0.05, 0) is 0 Å². The van der Waals surface area contributed by atoms with Gasteiger partial charge in [0.25, 0.3) is 0 Å². The van der Waals surface area contributed by atoms with Gasteiger partial charge in [-0.3, -0.25) is 9.69 Å². The van der Waals surface area contributed by atoms with E-state index in [4.69, 9.17) is 16.7 Å². The summed E-state index contributed by atoms with van der Waals surface area (Å²) in [6, 6.07) is 0. The van der Waals surface area contributed by atoms with Crippen molar-refractivity contribution < 1.29 is 9.90 Å². The maximum atomic E-state index is 10.5. The van der Waals surface area contributed by atoms with Gasteiger partial charge in [0.05, 0.1) is 19.2 Å². The fourth-order valence-corrected chi connectivity index (χ4v) is 2.34. The van der Waals surface area contributed by atoms with Gasteiger partial charge in [0.2, 0.25) is 0 Å². The smallest absolute Gasteiger partial charge is 0.304 e. The second-order valence-electron chi connectivity index (χ2n) is 4.82. The van der Waals surface area contributed by atoms with Crippen molar-refractivity contribution in [2.75, 3.05) is 32.7 Å². The Morgan fingerprint density at radius 2 is 2.00 bits per heavy atom. The molecule has 1 aliphatic heterocycles. The Bertz CT molecular complexity index is 441. The van der Waals surface area contributed by atoms with E-state index in [9.17, 15) is 4.79 Å². The molecule has 2 heterocycles. The predicted octanol–water partition coefficient (Wildman–Crippen LogP) is 0.666. The van der Waals surface area contributed by atoms with E-state index in [2.05, 4.69) is 14.8 Å². The second kappa shape index (κ2) is 6.36. The number of aliphatic carboxylic acids is 1. The first-order chi connectivity index (χ1) is 9.06. The van der Waals surface area contributed by atoms with Crippen molar-refractivity contribution in [2.24, 2.45) is 7.05 Å². The van der Waals surface area contributed by atoms with Gasteiger partial charge in [-0.2, -0.15) is 0 Å². The van der Waals surface area contributed by atoms with Crippen LogP contribution >= 0.6 is 11.6 Å². The van der Waals surface area contributed by atoms with Gasteiger partial charge in [-0.15, -0.1) is 0 Å². The SMILES string of the molecule is Cn1c(Cl)cnc1CN1CCN(CCC(=O)O)CC1. The lowest BCUT2D eigenvalue weighted by molar-refractivity contribution is -0.137. The molecule has 0 aromatic carbocycles. The normalized spacial score (nSPS) is 17.8. The number of halogens is 1. The Kier molecular flexibility index (Phi) is 4.79. The topological polar surface area (TPSA) is 61.6 Å². The zero-order valence-corrected chi connectivity index (χ0v) is 11.8. The van der Waals surface area contributed by atoms with Crippen molar-refractivity contribution in [2.45, 2.75) is 13.0 Å². The van der Waals surface area contributed by atoms with Crippen molar-refractivity contribution in [3.05, 3.63) is 17.2 Å². The molecule has 1 saturated heterocycles. The molecule has 0 unspecified atom stereocenters. The lowest BCUT2D eigenvalue weighted by Gasteiger charge is -2.34. The molecule has 0 spiro atoms. The standard InChI is InChI=1S/C12H19ClN4O2/c1-15-10(13)8-14-11(15)9-17-6-4-16(5-7-17)3-2-12(18)19/h8H,2-7,9H2,1H3,(H,18,19). The minimum atomic E-state index is -0.731. The van der Waals surface area contributed by atoms with Crippen LogP contribution in [0.3, 0.4) is 0 Å². The highest BCUT2D eigenvalue weighted by Crippen LogP contribution is 2.12. The largest absolute Gasteiger partial charge is 0.481 e. The average Bonchev–Trinajstić information content (AvgIpc) is 2.70. The zero-order valence-electron chi connectivity index (χ0n) is 11.0. The summed E-state index contributed by atoms with van der Waals surface area (Å²) in [5.74, 6) is 0.231. The number of hydrogen-bond acceptors (Lipinski definition) is 4. The van der Waals surface area contributed by atoms with Crippen LogP contribution in [0.2, 0.25) is 5.15 Å². The summed E-state index contributed by atoms with van der Waals surface area (Å²) >= 11 is 5.96. The van der Waals surface area contributed by atoms with Gasteiger partial charge in [0, 0.05) is 39.8 Å². The number of nitrogens with zero attached hydrogens (tertiary/aromatic N) is 4. The Morgan fingerprint density at radius 1 is 1.37 bits per heavy atom. The summed E-state index contributed by atoms with van der Waals surface area (Å²) in [5.41, 5.74) is 0. The molecular weight excluding hydrogens is 268 g/mol. The van der Waals surface area contributed by atoms with E-state index in [0.29, 0.717) is 11.7 Å². The van der Waals surface area contributed by atoms with Gasteiger partial charge in [0.1, 0.15) is 11.0 Å². The Hall–Kier alpha value is -1.11. The third-order valence-electron chi connectivity index (χ3n) is 3.50. The third-order valence-corrected chi connectivity index (χ3v) is 3.85. The first-order valence-electron chi connectivity index (χ1n) is 6.39. The first-order valence-corrected chi connectivity index (χ1v) is 6.76. The monoisotopic (exact) mass is 286 g/mol. The molecule has 2 rings (SSSR count). The van der Waals surface area contributed by atoms with Gasteiger partial charge in [0.15, 0.2) is 0 Å². The summed E-state index contributed by atoms with van der Waals surface area (Å²) in [7, 11) is 1.91. The van der Waals surface area contributed by atoms with Crippen LogP contribution < -0.4 is 0 Å². The number of carbonyl (C=O) groups is 1. The molecule has 1 N–H and O–H groups in total. The quantitative estimate of drug-likeness (QED) is 0.862. The summed E-state index contributed by atoms with van der Waals surface area (Å²) in [6.45, 7) is 5.11. The Labute approximate surface area is 117 Å². The summed E-state index contributed by atoms with van der Waals surface area (Å²) in [5, 5.41) is 9.31. The number of aromatic nitrogens is 2. The molecule has 0 saturated carbocycles. The second-order valence-corrected chi connectivity index (χ2v) is 5.20. The molecule has 1 aromatic rings. The van der Waals surface area contributed by atoms with E-state index < -0.39 is 5.97 Å². The molecule has 106 valence electrons. The third kappa shape index (κ3) is 3.92. The van der Waals surface area contributed by atoms with E-state index in [-0.39, 0.29) is 6.42 Å². The molecule has 0 bridgehead atoms. The molecule has 19 heavy (non-hydrogen) atoms. The van der Waals surface area contributed by atoms with Crippen molar-refractivity contribution in [1.29, 1.82) is 0 Å². The summed E-state index contributed by atoms with van der Waals surface area (Å²) in [6.07, 6.45) is 1.88. The molecule has 1 fully saturated rings. The molecule has 0 aliphatic carbocycles. The maximum Gasteiger partial charge on any atom is 0.304 e. The lowest BCUT2D eigenvalue weighted by Crippen LogP contribution is -2.46. The number of imidazole rings is 1. The molecule has 1 aliphatic rings. The van der Waals surface area contributed by atoms with Crippen LogP contribution in [0.4, 0.5) is 0 Å². The zero-order chi connectivity index (χ0) is 13.8. The van der Waals surface area contributed by atoms with E-state index in [1.54, 1.807) is 6.20 Å². The van der Waals surface area contributed by atoms with Crippen LogP contribution in [0.25, 0.3) is 0 Å². The molecule has 0 amide bonds. The minimum absolute atomic E-state index is 0.217. The van der Waals surface area contributed by atoms with Gasteiger partial charge in [-0.1, -0.05) is 11.6 Å². The van der Waals surface area contributed by atoms with E-state index in [0.717, 1.165) is 38.5 Å². The highest BCUT2D eigenvalue weighted by atomic mass is 35.5. The Morgan fingerprint density at radius 3 is 2.53 bits per heavy atom. The first kappa shape index (κ1) is 14.3. The molecule has 0 radical (unpaired) electrons. The fraction of sp³-hybridized carbons (Fsp3) is 0.667. The molecular formula is C12H19ClN4O2. The maximum absolute atomic E-state index is 10.5. The number of carboxylic acids is 1. The average molecular weight is 287 g/mol. The number of hydrogen-bond donors (Lipinski definition) is 1. The van der Waals surface area contributed by atoms with E-state index in [1.165, 1.54) is 0 Å². The molecule has 6 nitrogen and oxygen atoms in total. The van der Waals surface area contributed by atoms with Crippen molar-refractivity contribution >= 4 is 17.6 Å². The van der Waals surface area contributed by atoms with Crippen molar-refractivity contribution in [3.8, 4) is 0 Å². The fourth-order valence-electron chi connectivity index (χ4n) is 2.20.